The number of nitrogens with zero attached hydrogens (tertiary/aromatic N) is 3. The number of sulfonamides is 1. The van der Waals surface area contributed by atoms with Crippen molar-refractivity contribution in [1.82, 2.24) is 14.1 Å². The van der Waals surface area contributed by atoms with Crippen molar-refractivity contribution in [2.45, 2.75) is 31.7 Å². The predicted octanol–water partition coefficient (Wildman–Crippen LogP) is 2.50. The van der Waals surface area contributed by atoms with Gasteiger partial charge in [0.2, 0.25) is 10.0 Å². The van der Waals surface area contributed by atoms with E-state index in [-0.39, 0.29) is 5.92 Å². The van der Waals surface area contributed by atoms with Crippen LogP contribution in [0.3, 0.4) is 0 Å². The number of fused-ring (bicyclic) bond motifs is 3. The molecule has 0 amide bonds. The van der Waals surface area contributed by atoms with Crippen LogP contribution in [0.2, 0.25) is 0 Å². The lowest BCUT2D eigenvalue weighted by Crippen LogP contribution is -2.28. The summed E-state index contributed by atoms with van der Waals surface area (Å²) in [5.74, 6) is 2.17. The van der Waals surface area contributed by atoms with Crippen LogP contribution >= 0.6 is 0 Å². The van der Waals surface area contributed by atoms with E-state index in [0.29, 0.717) is 19.0 Å². The SMILES string of the molecule is COc1cccc(-c2nn(CC3CC3)c3c2[C@@H]2CN(S(C)(=O)=O)C[C@@H]2C3)c1. The molecule has 3 aliphatic rings. The zero-order chi connectivity index (χ0) is 18.8. The molecule has 27 heavy (non-hydrogen) atoms. The Kier molecular flexibility index (Phi) is 3.88. The molecule has 2 aromatic rings. The Morgan fingerprint density at radius 2 is 2.07 bits per heavy atom. The average Bonchev–Trinajstić information content (AvgIpc) is 3.09. The number of benzene rings is 1. The van der Waals surface area contributed by atoms with Crippen LogP contribution in [0.25, 0.3) is 11.3 Å². The normalized spacial score (nSPS) is 24.8. The fourth-order valence-electron chi connectivity index (χ4n) is 4.68. The minimum atomic E-state index is -3.15. The molecule has 1 aromatic heterocycles. The van der Waals surface area contributed by atoms with Crippen molar-refractivity contribution < 1.29 is 13.2 Å². The third-order valence-corrected chi connectivity index (χ3v) is 7.51. The third-order valence-electron chi connectivity index (χ3n) is 6.27. The predicted molar refractivity (Wildman–Crippen MR) is 103 cm³/mol. The summed E-state index contributed by atoms with van der Waals surface area (Å²) in [4.78, 5) is 0. The van der Waals surface area contributed by atoms with E-state index in [0.717, 1.165) is 35.9 Å². The summed E-state index contributed by atoms with van der Waals surface area (Å²) in [5.41, 5.74) is 4.65. The van der Waals surface area contributed by atoms with Crippen LogP contribution in [0.4, 0.5) is 0 Å². The molecule has 0 spiro atoms. The quantitative estimate of drug-likeness (QED) is 0.791. The fraction of sp³-hybridized carbons (Fsp3) is 0.550. The highest BCUT2D eigenvalue weighted by molar-refractivity contribution is 7.88. The maximum Gasteiger partial charge on any atom is 0.211 e. The lowest BCUT2D eigenvalue weighted by molar-refractivity contribution is 0.415. The van der Waals surface area contributed by atoms with Crippen molar-refractivity contribution in [3.05, 3.63) is 35.5 Å². The van der Waals surface area contributed by atoms with Crippen LogP contribution < -0.4 is 4.74 Å². The van der Waals surface area contributed by atoms with Crippen LogP contribution in [0, 0.1) is 11.8 Å². The molecule has 2 heterocycles. The highest BCUT2D eigenvalue weighted by atomic mass is 32.2. The summed E-state index contributed by atoms with van der Waals surface area (Å²) in [6.07, 6.45) is 4.82. The minimum absolute atomic E-state index is 0.240. The molecule has 2 fully saturated rings. The van der Waals surface area contributed by atoms with Gasteiger partial charge in [0.25, 0.3) is 0 Å². The Morgan fingerprint density at radius 1 is 1.26 bits per heavy atom. The Hall–Kier alpha value is -1.86. The Labute approximate surface area is 160 Å². The first-order chi connectivity index (χ1) is 12.9. The molecule has 144 valence electrons. The second-order valence-electron chi connectivity index (χ2n) is 8.22. The Balaban J connectivity index is 1.58. The summed E-state index contributed by atoms with van der Waals surface area (Å²) in [5, 5.41) is 5.00. The maximum absolute atomic E-state index is 12.1. The molecule has 6 nitrogen and oxygen atoms in total. The second-order valence-corrected chi connectivity index (χ2v) is 10.2. The molecule has 0 unspecified atom stereocenters. The zero-order valence-electron chi connectivity index (χ0n) is 15.8. The van der Waals surface area contributed by atoms with Gasteiger partial charge in [0.05, 0.1) is 19.1 Å². The van der Waals surface area contributed by atoms with Crippen molar-refractivity contribution in [1.29, 1.82) is 0 Å². The maximum atomic E-state index is 12.1. The molecule has 2 atom stereocenters. The minimum Gasteiger partial charge on any atom is -0.497 e. The average molecular weight is 388 g/mol. The van der Waals surface area contributed by atoms with Crippen molar-refractivity contribution in [2.24, 2.45) is 11.8 Å². The lowest BCUT2D eigenvalue weighted by atomic mass is 9.94. The molecule has 7 heteroatoms. The van der Waals surface area contributed by atoms with E-state index in [1.54, 1.807) is 11.4 Å². The molecular weight excluding hydrogens is 362 g/mol. The first-order valence-corrected chi connectivity index (χ1v) is 11.5. The topological polar surface area (TPSA) is 64.4 Å². The van der Waals surface area contributed by atoms with Gasteiger partial charge in [-0.3, -0.25) is 4.68 Å². The van der Waals surface area contributed by atoms with Gasteiger partial charge in [0.1, 0.15) is 5.75 Å². The molecule has 1 aliphatic heterocycles. The summed E-state index contributed by atoms with van der Waals surface area (Å²) in [6, 6.07) is 8.03. The van der Waals surface area contributed by atoms with E-state index in [9.17, 15) is 8.42 Å². The Morgan fingerprint density at radius 3 is 2.78 bits per heavy atom. The number of hydrogen-bond donors (Lipinski definition) is 0. The monoisotopic (exact) mass is 387 g/mol. The van der Waals surface area contributed by atoms with Crippen molar-refractivity contribution >= 4 is 10.0 Å². The molecule has 0 radical (unpaired) electrons. The van der Waals surface area contributed by atoms with E-state index in [1.165, 1.54) is 30.4 Å². The molecule has 1 saturated heterocycles. The highest BCUT2D eigenvalue weighted by Crippen LogP contribution is 2.48. The Bertz CT molecular complexity index is 994. The van der Waals surface area contributed by atoms with E-state index in [1.807, 2.05) is 18.2 Å². The van der Waals surface area contributed by atoms with E-state index < -0.39 is 10.0 Å². The zero-order valence-corrected chi connectivity index (χ0v) is 16.6. The summed E-state index contributed by atoms with van der Waals surface area (Å²) in [7, 11) is -1.48. The van der Waals surface area contributed by atoms with Crippen LogP contribution in [0.5, 0.6) is 5.75 Å². The third kappa shape index (κ3) is 2.97. The summed E-state index contributed by atoms with van der Waals surface area (Å²) >= 11 is 0. The van der Waals surface area contributed by atoms with Crippen LogP contribution in [-0.4, -0.2) is 49.0 Å². The largest absolute Gasteiger partial charge is 0.497 e. The molecule has 5 rings (SSSR count). The molecule has 1 saturated carbocycles. The van der Waals surface area contributed by atoms with E-state index >= 15 is 0 Å². The van der Waals surface area contributed by atoms with Gasteiger partial charge in [-0.25, -0.2) is 12.7 Å². The van der Waals surface area contributed by atoms with Crippen molar-refractivity contribution in [3.8, 4) is 17.0 Å². The van der Waals surface area contributed by atoms with Crippen LogP contribution in [-0.2, 0) is 23.0 Å². The summed E-state index contributed by atoms with van der Waals surface area (Å²) in [6.45, 7) is 2.18. The van der Waals surface area contributed by atoms with Gasteiger partial charge in [-0.05, 0) is 43.2 Å². The smallest absolute Gasteiger partial charge is 0.211 e. The van der Waals surface area contributed by atoms with Crippen LogP contribution in [0.15, 0.2) is 24.3 Å². The van der Waals surface area contributed by atoms with Gasteiger partial charge in [-0.15, -0.1) is 0 Å². The lowest BCUT2D eigenvalue weighted by Gasteiger charge is -2.14. The van der Waals surface area contributed by atoms with E-state index in [4.69, 9.17) is 9.84 Å². The van der Waals surface area contributed by atoms with Gasteiger partial charge in [-0.1, -0.05) is 12.1 Å². The van der Waals surface area contributed by atoms with Gasteiger partial charge in [0, 0.05) is 42.4 Å². The van der Waals surface area contributed by atoms with Crippen molar-refractivity contribution in [2.75, 3.05) is 26.5 Å². The number of ether oxygens (including phenoxy) is 1. The molecule has 2 aliphatic carbocycles. The molecule has 1 aromatic carbocycles. The van der Waals surface area contributed by atoms with Gasteiger partial charge < -0.3 is 4.74 Å². The fourth-order valence-corrected chi connectivity index (χ4v) is 5.57. The molecule has 0 N–H and O–H groups in total. The number of aromatic nitrogens is 2. The summed E-state index contributed by atoms with van der Waals surface area (Å²) < 4.78 is 33.4. The van der Waals surface area contributed by atoms with Gasteiger partial charge in [-0.2, -0.15) is 5.10 Å². The molecular formula is C20H25N3O3S. The standard InChI is InChI=1S/C20H25N3O3S/c1-26-16-5-3-4-14(8-16)20-19-17-12-22(27(2,24)25)11-15(17)9-18(19)23(21-20)10-13-6-7-13/h3-5,8,13,15,17H,6-7,9-12H2,1-2H3/t15-,17+/m0/s1. The van der Waals surface area contributed by atoms with Crippen LogP contribution in [0.1, 0.15) is 30.0 Å². The second kappa shape index (κ2) is 6.07. The van der Waals surface area contributed by atoms with E-state index in [2.05, 4.69) is 10.7 Å². The number of methoxy groups -OCH3 is 1. The van der Waals surface area contributed by atoms with Crippen molar-refractivity contribution in [3.63, 3.8) is 0 Å². The van der Waals surface area contributed by atoms with Gasteiger partial charge >= 0.3 is 0 Å². The highest BCUT2D eigenvalue weighted by Gasteiger charge is 2.46. The first kappa shape index (κ1) is 17.3. The number of hydrogen-bond acceptors (Lipinski definition) is 4. The first-order valence-electron chi connectivity index (χ1n) is 9.63. The van der Waals surface area contributed by atoms with Gasteiger partial charge in [0.15, 0.2) is 0 Å². The molecule has 0 bridgehead atoms. The number of rotatable bonds is 5.